The van der Waals surface area contributed by atoms with Gasteiger partial charge in [-0.2, -0.15) is 0 Å². The summed E-state index contributed by atoms with van der Waals surface area (Å²) in [6.45, 7) is 3.68. The van der Waals surface area contributed by atoms with Crippen molar-refractivity contribution in [1.29, 1.82) is 0 Å². The number of halogens is 1. The molecule has 0 aliphatic carbocycles. The molecule has 2 aromatic rings. The van der Waals surface area contributed by atoms with Crippen LogP contribution in [-0.4, -0.2) is 30.5 Å². The summed E-state index contributed by atoms with van der Waals surface area (Å²) in [6.07, 6.45) is 3.04. The van der Waals surface area contributed by atoms with Crippen LogP contribution >= 0.6 is 12.4 Å². The number of hydrogen-bond acceptors (Lipinski definition) is 4. The van der Waals surface area contributed by atoms with Gasteiger partial charge in [0, 0.05) is 29.9 Å². The Morgan fingerprint density at radius 2 is 2.16 bits per heavy atom. The lowest BCUT2D eigenvalue weighted by Crippen LogP contribution is -2.44. The minimum atomic E-state index is -3.58. The molecular formula is C11H17ClN4O2S. The van der Waals surface area contributed by atoms with E-state index in [0.29, 0.717) is 11.0 Å². The Kier molecular flexibility index (Phi) is 4.57. The monoisotopic (exact) mass is 304 g/mol. The molecule has 0 aromatic carbocycles. The predicted molar refractivity (Wildman–Crippen MR) is 76.8 cm³/mol. The van der Waals surface area contributed by atoms with Crippen LogP contribution in [0.2, 0.25) is 0 Å². The molecule has 0 aliphatic rings. The molecule has 6 nitrogen and oxygen atoms in total. The predicted octanol–water partition coefficient (Wildman–Crippen LogP) is 1.00. The molecule has 0 aliphatic heterocycles. The van der Waals surface area contributed by atoms with Crippen LogP contribution in [0.25, 0.3) is 11.0 Å². The molecule has 0 fully saturated rings. The number of nitrogens with one attached hydrogen (secondary N) is 2. The summed E-state index contributed by atoms with van der Waals surface area (Å²) in [4.78, 5) is 7.07. The van der Waals surface area contributed by atoms with Crippen LogP contribution in [0.15, 0.2) is 29.4 Å². The minimum absolute atomic E-state index is 0. The van der Waals surface area contributed by atoms with Gasteiger partial charge in [0.15, 0.2) is 0 Å². The number of aromatic amines is 1. The Bertz CT molecular complexity index is 661. The molecule has 0 bridgehead atoms. The lowest BCUT2D eigenvalue weighted by atomic mass is 10.1. The fourth-order valence-corrected chi connectivity index (χ4v) is 2.90. The Balaban J connectivity index is 0.00000180. The van der Waals surface area contributed by atoms with E-state index in [4.69, 9.17) is 5.73 Å². The summed E-state index contributed by atoms with van der Waals surface area (Å²) < 4.78 is 26.8. The molecule has 0 saturated heterocycles. The van der Waals surface area contributed by atoms with E-state index < -0.39 is 15.6 Å². The zero-order chi connectivity index (χ0) is 13.4. The molecule has 0 saturated carbocycles. The third-order valence-corrected chi connectivity index (χ3v) is 3.86. The maximum absolute atomic E-state index is 12.1. The number of fused-ring (bicyclic) bond motifs is 1. The molecule has 2 rings (SSSR count). The van der Waals surface area contributed by atoms with Crippen molar-refractivity contribution in [1.82, 2.24) is 14.7 Å². The van der Waals surface area contributed by atoms with Crippen molar-refractivity contribution in [2.75, 3.05) is 6.54 Å². The summed E-state index contributed by atoms with van der Waals surface area (Å²) >= 11 is 0. The molecule has 2 heterocycles. The fourth-order valence-electron chi connectivity index (χ4n) is 1.51. The zero-order valence-corrected chi connectivity index (χ0v) is 12.3. The average Bonchev–Trinajstić information content (AvgIpc) is 2.70. The summed E-state index contributed by atoms with van der Waals surface area (Å²) in [6, 6.07) is 3.41. The van der Waals surface area contributed by atoms with Crippen molar-refractivity contribution in [3.63, 3.8) is 0 Å². The van der Waals surface area contributed by atoms with Crippen molar-refractivity contribution in [3.05, 3.63) is 24.5 Å². The minimum Gasteiger partial charge on any atom is -0.345 e. The van der Waals surface area contributed by atoms with Crippen LogP contribution in [0.3, 0.4) is 0 Å². The van der Waals surface area contributed by atoms with Gasteiger partial charge in [-0.05, 0) is 26.0 Å². The molecule has 0 unspecified atom stereocenters. The number of sulfonamides is 1. The Hall–Kier alpha value is -1.15. The van der Waals surface area contributed by atoms with Gasteiger partial charge in [0.05, 0.1) is 0 Å². The second-order valence-corrected chi connectivity index (χ2v) is 6.60. The van der Waals surface area contributed by atoms with Crippen LogP contribution in [0, 0.1) is 0 Å². The molecule has 0 amide bonds. The van der Waals surface area contributed by atoms with Gasteiger partial charge in [-0.25, -0.2) is 18.1 Å². The van der Waals surface area contributed by atoms with Gasteiger partial charge in [-0.3, -0.25) is 0 Å². The largest absolute Gasteiger partial charge is 0.345 e. The lowest BCUT2D eigenvalue weighted by molar-refractivity contribution is 0.498. The Morgan fingerprint density at radius 3 is 2.79 bits per heavy atom. The number of nitrogens with zero attached hydrogens (tertiary/aromatic N) is 1. The van der Waals surface area contributed by atoms with Crippen molar-refractivity contribution in [3.8, 4) is 0 Å². The molecule has 106 valence electrons. The Morgan fingerprint density at radius 1 is 1.47 bits per heavy atom. The van der Waals surface area contributed by atoms with E-state index in [0.717, 1.165) is 0 Å². The van der Waals surface area contributed by atoms with Crippen LogP contribution in [-0.2, 0) is 10.0 Å². The van der Waals surface area contributed by atoms with Gasteiger partial charge in [0.25, 0.3) is 0 Å². The van der Waals surface area contributed by atoms with Gasteiger partial charge in [-0.15, -0.1) is 12.4 Å². The van der Waals surface area contributed by atoms with E-state index >= 15 is 0 Å². The second kappa shape index (κ2) is 5.46. The quantitative estimate of drug-likeness (QED) is 0.784. The van der Waals surface area contributed by atoms with E-state index in [9.17, 15) is 8.42 Å². The first-order valence-corrected chi connectivity index (χ1v) is 6.99. The third kappa shape index (κ3) is 3.66. The number of hydrogen-bond donors (Lipinski definition) is 3. The van der Waals surface area contributed by atoms with Crippen molar-refractivity contribution < 1.29 is 8.42 Å². The van der Waals surface area contributed by atoms with Gasteiger partial charge < -0.3 is 10.7 Å². The summed E-state index contributed by atoms with van der Waals surface area (Å²) in [5, 5.41) is 0.569. The van der Waals surface area contributed by atoms with E-state index in [1.54, 1.807) is 32.2 Å². The molecular weight excluding hydrogens is 288 g/mol. The number of rotatable bonds is 4. The maximum Gasteiger partial charge on any atom is 0.242 e. The van der Waals surface area contributed by atoms with Gasteiger partial charge >= 0.3 is 0 Å². The van der Waals surface area contributed by atoms with Gasteiger partial charge in [0.2, 0.25) is 10.0 Å². The van der Waals surface area contributed by atoms with E-state index in [1.807, 2.05) is 0 Å². The molecule has 8 heteroatoms. The summed E-state index contributed by atoms with van der Waals surface area (Å²) in [7, 11) is -3.58. The number of pyridine rings is 1. The van der Waals surface area contributed by atoms with Crippen LogP contribution in [0.4, 0.5) is 0 Å². The molecule has 0 radical (unpaired) electrons. The van der Waals surface area contributed by atoms with Crippen molar-refractivity contribution in [2.45, 2.75) is 24.3 Å². The highest BCUT2D eigenvalue weighted by molar-refractivity contribution is 7.89. The Labute approximate surface area is 118 Å². The molecule has 2 aromatic heterocycles. The first-order chi connectivity index (χ1) is 8.30. The standard InChI is InChI=1S/C11H16N4O2S.ClH/c1-11(2,12)7-15-18(16,17)9-6-14-10-8(9)4-3-5-13-10;/h3-6,15H,7,12H2,1-2H3,(H,13,14);1H. The highest BCUT2D eigenvalue weighted by Gasteiger charge is 2.21. The molecule has 19 heavy (non-hydrogen) atoms. The van der Waals surface area contributed by atoms with Crippen LogP contribution in [0.1, 0.15) is 13.8 Å². The summed E-state index contributed by atoms with van der Waals surface area (Å²) in [5.41, 5.74) is 5.71. The van der Waals surface area contributed by atoms with E-state index in [2.05, 4.69) is 14.7 Å². The van der Waals surface area contributed by atoms with E-state index in [-0.39, 0.29) is 23.8 Å². The number of nitrogens with two attached hydrogens (primary N) is 1. The lowest BCUT2D eigenvalue weighted by Gasteiger charge is -2.18. The number of H-pyrrole nitrogens is 1. The summed E-state index contributed by atoms with van der Waals surface area (Å²) in [5.74, 6) is 0. The topological polar surface area (TPSA) is 101 Å². The zero-order valence-electron chi connectivity index (χ0n) is 10.7. The fraction of sp³-hybridized carbons (Fsp3) is 0.364. The van der Waals surface area contributed by atoms with Crippen LogP contribution < -0.4 is 10.5 Å². The average molecular weight is 305 g/mol. The van der Waals surface area contributed by atoms with Crippen molar-refractivity contribution >= 4 is 33.5 Å². The van der Waals surface area contributed by atoms with Gasteiger partial charge in [0.1, 0.15) is 10.5 Å². The maximum atomic E-state index is 12.1. The van der Waals surface area contributed by atoms with Gasteiger partial charge in [-0.1, -0.05) is 0 Å². The smallest absolute Gasteiger partial charge is 0.242 e. The van der Waals surface area contributed by atoms with Crippen LogP contribution in [0.5, 0.6) is 0 Å². The highest BCUT2D eigenvalue weighted by Crippen LogP contribution is 2.20. The van der Waals surface area contributed by atoms with Crippen molar-refractivity contribution in [2.24, 2.45) is 5.73 Å². The third-order valence-electron chi connectivity index (χ3n) is 2.42. The SMILES string of the molecule is CC(C)(N)CNS(=O)(=O)c1c[nH]c2ncccc12.Cl. The molecule has 0 spiro atoms. The number of aromatic nitrogens is 2. The normalized spacial score (nSPS) is 12.4. The second-order valence-electron chi connectivity index (χ2n) is 4.87. The highest BCUT2D eigenvalue weighted by atomic mass is 35.5. The molecule has 4 N–H and O–H groups in total. The van der Waals surface area contributed by atoms with E-state index in [1.165, 1.54) is 6.20 Å². The first kappa shape index (κ1) is 15.9. The first-order valence-electron chi connectivity index (χ1n) is 5.50. The molecule has 0 atom stereocenters.